The summed E-state index contributed by atoms with van der Waals surface area (Å²) in [6, 6.07) is 14.9. The molecule has 0 aromatic heterocycles. The number of phenolic OH excluding ortho intramolecular Hbond substituents is 1. The predicted molar refractivity (Wildman–Crippen MR) is 110 cm³/mol. The molecule has 0 fully saturated rings. The van der Waals surface area contributed by atoms with Gasteiger partial charge in [-0.3, -0.25) is 4.89 Å². The summed E-state index contributed by atoms with van der Waals surface area (Å²) < 4.78 is 43.2. The zero-order valence-electron chi connectivity index (χ0n) is 16.3. The van der Waals surface area contributed by atoms with Crippen molar-refractivity contribution in [2.24, 2.45) is 0 Å². The number of aromatic hydroxyl groups is 1. The Kier molecular flexibility index (Phi) is 4.70. The van der Waals surface area contributed by atoms with Crippen molar-refractivity contribution in [2.75, 3.05) is 0 Å². The average Bonchev–Trinajstić information content (AvgIpc) is 2.99. The van der Waals surface area contributed by atoms with Crippen LogP contribution < -0.4 is 9.26 Å². The molecule has 0 aliphatic carbocycles. The Balaban J connectivity index is 1.67. The summed E-state index contributed by atoms with van der Waals surface area (Å²) in [4.78, 5) is 40.0. The number of phenols is 1. The normalized spacial score (nSPS) is 20.2. The molecule has 11 nitrogen and oxygen atoms in total. The quantitative estimate of drug-likeness (QED) is 0.310. The number of ether oxygens (including phenoxy) is 2. The molecule has 170 valence electrons. The third kappa shape index (κ3) is 3.61. The van der Waals surface area contributed by atoms with Crippen molar-refractivity contribution in [3.8, 4) is 23.0 Å². The van der Waals surface area contributed by atoms with Gasteiger partial charge in [0.2, 0.25) is 0 Å². The largest absolute Gasteiger partial charge is 0.536 e. The molecule has 0 saturated heterocycles. The zero-order chi connectivity index (χ0) is 23.6. The molecule has 0 bridgehead atoms. The van der Waals surface area contributed by atoms with Crippen LogP contribution in [0.1, 0.15) is 27.0 Å². The molecule has 1 unspecified atom stereocenters. The molecule has 2 aliphatic heterocycles. The van der Waals surface area contributed by atoms with Crippen molar-refractivity contribution in [3.63, 3.8) is 0 Å². The number of hydrogen-bond acceptors (Lipinski definition) is 8. The van der Waals surface area contributed by atoms with Gasteiger partial charge in [0.25, 0.3) is 0 Å². The molecule has 0 saturated carbocycles. The molecule has 4 N–H and O–H groups in total. The second kappa shape index (κ2) is 7.16. The van der Waals surface area contributed by atoms with Crippen molar-refractivity contribution in [2.45, 2.75) is 5.60 Å². The van der Waals surface area contributed by atoms with E-state index in [2.05, 4.69) is 4.31 Å². The highest BCUT2D eigenvalue weighted by atomic mass is 31.3. The summed E-state index contributed by atoms with van der Waals surface area (Å²) in [5, 5.41) is 9.96. The molecule has 3 aromatic carbocycles. The molecular weight excluding hydrogens is 478 g/mol. The molecule has 1 spiro atoms. The van der Waals surface area contributed by atoms with Gasteiger partial charge < -0.3 is 28.9 Å². The number of benzene rings is 3. The molecule has 0 radical (unpaired) electrons. The summed E-state index contributed by atoms with van der Waals surface area (Å²) in [5.74, 6) is -0.807. The van der Waals surface area contributed by atoms with Crippen LogP contribution in [0.3, 0.4) is 0 Å². The van der Waals surface area contributed by atoms with Crippen LogP contribution in [0.25, 0.3) is 0 Å². The SMILES string of the molecule is O=C1O[C@@]2(c3ccc(O)cc3Oc3cc(OP(=O)(O)OP(=O)(O)O)ccc32)c2ccccc21. The smallest absolute Gasteiger partial charge is 0.508 e. The molecule has 3 aromatic rings. The van der Waals surface area contributed by atoms with Gasteiger partial charge in [-0.15, -0.1) is 0 Å². The van der Waals surface area contributed by atoms with Crippen LogP contribution in [-0.4, -0.2) is 25.8 Å². The van der Waals surface area contributed by atoms with E-state index in [1.807, 2.05) is 0 Å². The third-order valence-corrected chi connectivity index (χ3v) is 7.22. The lowest BCUT2D eigenvalue weighted by atomic mass is 9.77. The van der Waals surface area contributed by atoms with E-state index in [1.54, 1.807) is 30.3 Å². The van der Waals surface area contributed by atoms with Crippen LogP contribution in [0.2, 0.25) is 0 Å². The molecule has 33 heavy (non-hydrogen) atoms. The Bertz CT molecular complexity index is 1410. The van der Waals surface area contributed by atoms with E-state index in [0.717, 1.165) is 0 Å². The van der Waals surface area contributed by atoms with Gasteiger partial charge in [-0.1, -0.05) is 18.2 Å². The van der Waals surface area contributed by atoms with Gasteiger partial charge in [0, 0.05) is 28.8 Å². The summed E-state index contributed by atoms with van der Waals surface area (Å²) in [5.41, 5.74) is 0.221. The monoisotopic (exact) mass is 492 g/mol. The fourth-order valence-corrected chi connectivity index (χ4v) is 5.57. The number of phosphoric ester groups is 1. The van der Waals surface area contributed by atoms with E-state index < -0.39 is 27.2 Å². The van der Waals surface area contributed by atoms with Gasteiger partial charge in [-0.05, 0) is 30.3 Å². The standard InChI is InChI=1S/C20H14O11P2/c21-11-5-7-15-17(9-11)28-18-10-12(30-33(26,27)31-32(23,24)25)6-8-16(18)20(15)14-4-2-1-3-13(14)19(22)29-20/h1-10,21H,(H,26,27)(H2,23,24,25)/t20-/m1/s1. The summed E-state index contributed by atoms with van der Waals surface area (Å²) in [6.07, 6.45) is 0. The van der Waals surface area contributed by atoms with Crippen LogP contribution in [0, 0.1) is 0 Å². The number of esters is 1. The van der Waals surface area contributed by atoms with Crippen LogP contribution in [0.15, 0.2) is 60.7 Å². The van der Waals surface area contributed by atoms with E-state index in [9.17, 15) is 23.9 Å². The Hall–Kier alpha value is -3.17. The Morgan fingerprint density at radius 3 is 2.24 bits per heavy atom. The van der Waals surface area contributed by atoms with Gasteiger partial charge in [-0.25, -0.2) is 13.9 Å². The lowest BCUT2D eigenvalue weighted by molar-refractivity contribution is 0.0224. The number of hydrogen-bond donors (Lipinski definition) is 4. The fourth-order valence-electron chi connectivity index (χ4n) is 3.99. The van der Waals surface area contributed by atoms with Gasteiger partial charge in [-0.2, -0.15) is 4.31 Å². The van der Waals surface area contributed by atoms with Crippen molar-refractivity contribution in [3.05, 3.63) is 82.9 Å². The fraction of sp³-hybridized carbons (Fsp3) is 0.0500. The minimum absolute atomic E-state index is 0.0475. The molecular formula is C20H14O11P2. The lowest BCUT2D eigenvalue weighted by Gasteiger charge is -2.36. The van der Waals surface area contributed by atoms with Gasteiger partial charge in [0.05, 0.1) is 5.56 Å². The van der Waals surface area contributed by atoms with Crippen molar-refractivity contribution in [1.82, 2.24) is 0 Å². The van der Waals surface area contributed by atoms with Gasteiger partial charge in [0.1, 0.15) is 23.0 Å². The second-order valence-electron chi connectivity index (χ2n) is 7.19. The third-order valence-electron chi connectivity index (χ3n) is 5.10. The molecule has 2 aliphatic rings. The minimum Gasteiger partial charge on any atom is -0.508 e. The molecule has 2 heterocycles. The maximum atomic E-state index is 12.7. The first-order chi connectivity index (χ1) is 15.5. The highest BCUT2D eigenvalue weighted by Gasteiger charge is 2.53. The maximum Gasteiger partial charge on any atom is 0.536 e. The minimum atomic E-state index is -5.32. The van der Waals surface area contributed by atoms with Crippen LogP contribution in [-0.2, 0) is 23.8 Å². The Morgan fingerprint density at radius 2 is 1.52 bits per heavy atom. The number of fused-ring (bicyclic) bond motifs is 6. The predicted octanol–water partition coefficient (Wildman–Crippen LogP) is 3.55. The van der Waals surface area contributed by atoms with E-state index in [1.165, 1.54) is 30.3 Å². The Labute approximate surface area is 185 Å². The van der Waals surface area contributed by atoms with E-state index in [0.29, 0.717) is 22.3 Å². The average molecular weight is 492 g/mol. The van der Waals surface area contributed by atoms with Gasteiger partial charge >= 0.3 is 21.6 Å². The van der Waals surface area contributed by atoms with Crippen LogP contribution in [0.5, 0.6) is 23.0 Å². The van der Waals surface area contributed by atoms with Crippen LogP contribution >= 0.6 is 15.6 Å². The van der Waals surface area contributed by atoms with Crippen molar-refractivity contribution >= 4 is 21.6 Å². The number of carbonyl (C=O) groups excluding carboxylic acids is 1. The molecule has 2 atom stereocenters. The summed E-state index contributed by atoms with van der Waals surface area (Å²) in [6.45, 7) is 0. The topological polar surface area (TPSA) is 169 Å². The van der Waals surface area contributed by atoms with Crippen LogP contribution in [0.4, 0.5) is 0 Å². The first-order valence-corrected chi connectivity index (χ1v) is 12.3. The second-order valence-corrected chi connectivity index (χ2v) is 9.94. The highest BCUT2D eigenvalue weighted by Crippen LogP contribution is 2.60. The van der Waals surface area contributed by atoms with E-state index in [-0.39, 0.29) is 23.0 Å². The molecule has 5 rings (SSSR count). The first kappa shape index (κ1) is 21.7. The van der Waals surface area contributed by atoms with Crippen molar-refractivity contribution in [1.29, 1.82) is 0 Å². The molecule has 13 heteroatoms. The number of carbonyl (C=O) groups is 1. The summed E-state index contributed by atoms with van der Waals surface area (Å²) in [7, 11) is -10.5. The van der Waals surface area contributed by atoms with Crippen molar-refractivity contribution < 1.29 is 52.0 Å². The van der Waals surface area contributed by atoms with E-state index >= 15 is 0 Å². The Morgan fingerprint density at radius 1 is 0.848 bits per heavy atom. The summed E-state index contributed by atoms with van der Waals surface area (Å²) >= 11 is 0. The van der Waals surface area contributed by atoms with Gasteiger partial charge in [0.15, 0.2) is 5.60 Å². The first-order valence-electron chi connectivity index (χ1n) is 9.26. The molecule has 0 amide bonds. The van der Waals surface area contributed by atoms with E-state index in [4.69, 9.17) is 23.8 Å². The highest BCUT2D eigenvalue weighted by molar-refractivity contribution is 7.60. The number of rotatable bonds is 4. The lowest BCUT2D eigenvalue weighted by Crippen LogP contribution is -2.32. The number of phosphoric acid groups is 2. The maximum absolute atomic E-state index is 12.7. The zero-order valence-corrected chi connectivity index (χ0v) is 18.1.